The van der Waals surface area contributed by atoms with Crippen molar-refractivity contribution in [3.8, 4) is 5.75 Å². The number of fused-ring (bicyclic) bond motifs is 5. The number of benzene rings is 2. The Morgan fingerprint density at radius 1 is 1.07 bits per heavy atom. The van der Waals surface area contributed by atoms with E-state index in [2.05, 4.69) is 13.0 Å². The van der Waals surface area contributed by atoms with Crippen molar-refractivity contribution in [1.82, 2.24) is 0 Å². The summed E-state index contributed by atoms with van der Waals surface area (Å²) < 4.78 is 6.06. The lowest BCUT2D eigenvalue weighted by molar-refractivity contribution is -0.0427. The van der Waals surface area contributed by atoms with Crippen LogP contribution in [-0.4, -0.2) is 17.2 Å². The van der Waals surface area contributed by atoms with Crippen molar-refractivity contribution in [3.05, 3.63) is 65.2 Å². The summed E-state index contributed by atoms with van der Waals surface area (Å²) >= 11 is 0. The largest absolute Gasteiger partial charge is 0.508 e. The maximum atomic E-state index is 12.6. The highest BCUT2D eigenvalue weighted by molar-refractivity contribution is 5.89. The summed E-state index contributed by atoms with van der Waals surface area (Å²) in [4.78, 5) is 12.6. The summed E-state index contributed by atoms with van der Waals surface area (Å²) in [6, 6.07) is 15.3. The molecule has 2 saturated carbocycles. The lowest BCUT2D eigenvalue weighted by atomic mass is 9.55. The number of aromatic hydroxyl groups is 1. The molecule has 5 atom stereocenters. The molecule has 3 aliphatic rings. The lowest BCUT2D eigenvalue weighted by Gasteiger charge is -2.50. The van der Waals surface area contributed by atoms with Gasteiger partial charge in [0.25, 0.3) is 0 Å². The van der Waals surface area contributed by atoms with Gasteiger partial charge in [0.05, 0.1) is 5.56 Å². The van der Waals surface area contributed by atoms with Gasteiger partial charge in [-0.05, 0) is 91.7 Å². The van der Waals surface area contributed by atoms with Crippen LogP contribution >= 0.6 is 0 Å². The topological polar surface area (TPSA) is 46.5 Å². The molecule has 2 fully saturated rings. The quantitative estimate of drug-likeness (QED) is 0.707. The summed E-state index contributed by atoms with van der Waals surface area (Å²) in [7, 11) is 0. The third-order valence-electron chi connectivity index (χ3n) is 7.88. The number of phenolic OH excluding ortho intramolecular Hbond substituents is 1. The van der Waals surface area contributed by atoms with Crippen molar-refractivity contribution < 1.29 is 14.6 Å². The summed E-state index contributed by atoms with van der Waals surface area (Å²) in [5.74, 6) is 2.06. The lowest BCUT2D eigenvalue weighted by Crippen LogP contribution is -2.45. The molecular weight excluding hydrogens is 348 g/mol. The van der Waals surface area contributed by atoms with Gasteiger partial charge in [-0.3, -0.25) is 0 Å². The van der Waals surface area contributed by atoms with Crippen molar-refractivity contribution in [2.24, 2.45) is 17.3 Å². The van der Waals surface area contributed by atoms with E-state index in [1.807, 2.05) is 42.5 Å². The zero-order chi connectivity index (χ0) is 19.3. The van der Waals surface area contributed by atoms with Crippen molar-refractivity contribution >= 4 is 5.97 Å². The number of hydrogen-bond donors (Lipinski definition) is 1. The molecule has 28 heavy (non-hydrogen) atoms. The van der Waals surface area contributed by atoms with Crippen LogP contribution in [0.1, 0.15) is 66.4 Å². The van der Waals surface area contributed by atoms with E-state index in [9.17, 15) is 9.90 Å². The van der Waals surface area contributed by atoms with E-state index in [1.165, 1.54) is 17.5 Å². The highest BCUT2D eigenvalue weighted by Gasteiger charge is 2.56. The van der Waals surface area contributed by atoms with Crippen molar-refractivity contribution in [3.63, 3.8) is 0 Å². The minimum Gasteiger partial charge on any atom is -0.508 e. The molecule has 3 aliphatic carbocycles. The Kier molecular flexibility index (Phi) is 4.22. The van der Waals surface area contributed by atoms with Crippen LogP contribution in [0.5, 0.6) is 5.75 Å². The van der Waals surface area contributed by atoms with Crippen LogP contribution < -0.4 is 0 Å². The molecule has 0 aliphatic heterocycles. The number of esters is 1. The Hall–Kier alpha value is -2.29. The number of phenols is 1. The minimum absolute atomic E-state index is 0.0207. The van der Waals surface area contributed by atoms with Crippen molar-refractivity contribution in [2.45, 2.75) is 57.5 Å². The summed E-state index contributed by atoms with van der Waals surface area (Å²) in [6.45, 7) is 2.36. The smallest absolute Gasteiger partial charge is 0.338 e. The molecule has 0 aromatic heterocycles. The summed E-state index contributed by atoms with van der Waals surface area (Å²) in [6.07, 6.45) is 6.63. The first-order chi connectivity index (χ1) is 13.6. The zero-order valence-electron chi connectivity index (χ0n) is 16.4. The molecule has 5 rings (SSSR count). The first-order valence-corrected chi connectivity index (χ1v) is 10.6. The molecule has 0 heterocycles. The fourth-order valence-electron chi connectivity index (χ4n) is 6.49. The average Bonchev–Trinajstić information content (AvgIpc) is 3.04. The standard InChI is InChI=1S/C25H28O3/c1-25-14-13-20-19-10-8-18(26)15-17(19)7-9-21(20)22(25)11-12-23(25)28-24(27)16-5-3-2-4-6-16/h2-6,8,10,15,20-23,26H,7,9,11-14H2,1H3/t20-,21-,22+,23-,25+/m1/s1. The molecule has 3 heteroatoms. The van der Waals surface area contributed by atoms with E-state index < -0.39 is 0 Å². The Labute approximate surface area is 166 Å². The van der Waals surface area contributed by atoms with Gasteiger partial charge >= 0.3 is 5.97 Å². The van der Waals surface area contributed by atoms with Crippen LogP contribution in [-0.2, 0) is 11.2 Å². The van der Waals surface area contributed by atoms with E-state index in [-0.39, 0.29) is 17.5 Å². The second-order valence-electron chi connectivity index (χ2n) is 9.18. The number of ether oxygens (including phenoxy) is 1. The SMILES string of the molecule is C[C@]12CC[C@@H]3c4ccc(O)cc4CC[C@H]3[C@@H]1CC[C@H]2OC(=O)c1ccccc1. The normalized spacial score (nSPS) is 33.5. The molecule has 1 N–H and O–H groups in total. The highest BCUT2D eigenvalue weighted by Crippen LogP contribution is 2.61. The van der Waals surface area contributed by atoms with Crippen LogP contribution in [0.2, 0.25) is 0 Å². The molecule has 0 saturated heterocycles. The summed E-state index contributed by atoms with van der Waals surface area (Å²) in [5, 5.41) is 9.84. The molecular formula is C25H28O3. The van der Waals surface area contributed by atoms with E-state index in [0.717, 1.165) is 32.1 Å². The van der Waals surface area contributed by atoms with E-state index >= 15 is 0 Å². The minimum atomic E-state index is -0.181. The number of aryl methyl sites for hydroxylation is 1. The first-order valence-electron chi connectivity index (χ1n) is 10.6. The van der Waals surface area contributed by atoms with Crippen molar-refractivity contribution in [2.75, 3.05) is 0 Å². The molecule has 0 unspecified atom stereocenters. The Morgan fingerprint density at radius 2 is 1.89 bits per heavy atom. The molecule has 0 radical (unpaired) electrons. The fraction of sp³-hybridized carbons (Fsp3) is 0.480. The Bertz CT molecular complexity index is 890. The van der Waals surface area contributed by atoms with Crippen LogP contribution in [0, 0.1) is 17.3 Å². The third-order valence-corrected chi connectivity index (χ3v) is 7.88. The predicted molar refractivity (Wildman–Crippen MR) is 108 cm³/mol. The van der Waals surface area contributed by atoms with Gasteiger partial charge in [0.1, 0.15) is 11.9 Å². The van der Waals surface area contributed by atoms with Gasteiger partial charge in [-0.15, -0.1) is 0 Å². The van der Waals surface area contributed by atoms with Crippen molar-refractivity contribution in [1.29, 1.82) is 0 Å². The molecule has 0 amide bonds. The molecule has 2 aromatic rings. The van der Waals surface area contributed by atoms with Gasteiger partial charge < -0.3 is 9.84 Å². The average molecular weight is 376 g/mol. The van der Waals surface area contributed by atoms with Crippen LogP contribution in [0.4, 0.5) is 0 Å². The number of rotatable bonds is 2. The maximum Gasteiger partial charge on any atom is 0.338 e. The second kappa shape index (κ2) is 6.65. The van der Waals surface area contributed by atoms with Gasteiger partial charge in [-0.25, -0.2) is 4.79 Å². The second-order valence-corrected chi connectivity index (χ2v) is 9.18. The highest BCUT2D eigenvalue weighted by atomic mass is 16.5. The number of carbonyl (C=O) groups excluding carboxylic acids is 1. The van der Waals surface area contributed by atoms with Crippen LogP contribution in [0.25, 0.3) is 0 Å². The van der Waals surface area contributed by atoms with E-state index in [1.54, 1.807) is 0 Å². The molecule has 0 spiro atoms. The predicted octanol–water partition coefficient (Wildman–Crippen LogP) is 5.47. The molecule has 146 valence electrons. The molecule has 3 nitrogen and oxygen atoms in total. The fourth-order valence-corrected chi connectivity index (χ4v) is 6.49. The van der Waals surface area contributed by atoms with Gasteiger partial charge in [0, 0.05) is 5.41 Å². The zero-order valence-corrected chi connectivity index (χ0v) is 16.4. The Morgan fingerprint density at radius 3 is 2.71 bits per heavy atom. The number of carbonyl (C=O) groups is 1. The third kappa shape index (κ3) is 2.75. The summed E-state index contributed by atoms with van der Waals surface area (Å²) in [5.41, 5.74) is 3.51. The van der Waals surface area contributed by atoms with Crippen LogP contribution in [0.15, 0.2) is 48.5 Å². The Balaban J connectivity index is 1.37. The number of hydrogen-bond acceptors (Lipinski definition) is 3. The van der Waals surface area contributed by atoms with Crippen LogP contribution in [0.3, 0.4) is 0 Å². The first kappa shape index (κ1) is 17.8. The van der Waals surface area contributed by atoms with Gasteiger partial charge in [-0.2, -0.15) is 0 Å². The monoisotopic (exact) mass is 376 g/mol. The van der Waals surface area contributed by atoms with Gasteiger partial charge in [0.2, 0.25) is 0 Å². The van der Waals surface area contributed by atoms with E-state index in [4.69, 9.17) is 4.74 Å². The van der Waals surface area contributed by atoms with Gasteiger partial charge in [-0.1, -0.05) is 31.2 Å². The maximum absolute atomic E-state index is 12.6. The molecule has 2 aromatic carbocycles. The van der Waals surface area contributed by atoms with Gasteiger partial charge in [0.15, 0.2) is 0 Å². The molecule has 0 bridgehead atoms. The van der Waals surface area contributed by atoms with E-state index in [0.29, 0.717) is 29.1 Å².